The average molecular weight is 444 g/mol. The first kappa shape index (κ1) is 22.0. The summed E-state index contributed by atoms with van der Waals surface area (Å²) in [7, 11) is 2.96. The first-order valence-electron chi connectivity index (χ1n) is 9.07. The number of carbonyl (C=O) groups excluding carboxylic acids is 1. The second-order valence-electron chi connectivity index (χ2n) is 6.44. The minimum Gasteiger partial charge on any atom is -0.495 e. The highest BCUT2D eigenvalue weighted by Crippen LogP contribution is 2.31. The van der Waals surface area contributed by atoms with Crippen molar-refractivity contribution in [1.29, 1.82) is 0 Å². The zero-order chi connectivity index (χ0) is 22.5. The Kier molecular flexibility index (Phi) is 6.70. The van der Waals surface area contributed by atoms with E-state index in [-0.39, 0.29) is 11.4 Å². The topological polar surface area (TPSA) is 134 Å². The number of nitro benzene ring substituents is 1. The normalized spacial score (nSPS) is 11.6. The Morgan fingerprint density at radius 1 is 1.19 bits per heavy atom. The van der Waals surface area contributed by atoms with Gasteiger partial charge in [-0.3, -0.25) is 14.9 Å². The molecule has 1 N–H and O–H groups in total. The van der Waals surface area contributed by atoms with Gasteiger partial charge in [0, 0.05) is 12.1 Å². The van der Waals surface area contributed by atoms with Crippen LogP contribution in [0.25, 0.3) is 5.69 Å². The lowest BCUT2D eigenvalue weighted by atomic mass is 10.2. The van der Waals surface area contributed by atoms with Crippen LogP contribution >= 0.6 is 11.8 Å². The molecule has 1 heterocycles. The van der Waals surface area contributed by atoms with Gasteiger partial charge in [-0.15, -0.1) is 5.10 Å². The van der Waals surface area contributed by atoms with Gasteiger partial charge in [0.1, 0.15) is 17.2 Å². The maximum Gasteiger partial charge on any atom is 0.271 e. The number of aromatic nitrogens is 4. The molecule has 0 aliphatic rings. The van der Waals surface area contributed by atoms with Gasteiger partial charge in [0.15, 0.2) is 0 Å². The minimum atomic E-state index is -0.621. The van der Waals surface area contributed by atoms with Crippen LogP contribution in [-0.2, 0) is 4.79 Å². The lowest BCUT2D eigenvalue weighted by Crippen LogP contribution is -2.23. The van der Waals surface area contributed by atoms with Gasteiger partial charge in [-0.05, 0) is 48.0 Å². The van der Waals surface area contributed by atoms with Crippen molar-refractivity contribution in [2.24, 2.45) is 0 Å². The quantitative estimate of drug-likeness (QED) is 0.316. The molecule has 0 bridgehead atoms. The van der Waals surface area contributed by atoms with E-state index in [0.29, 0.717) is 22.3 Å². The lowest BCUT2D eigenvalue weighted by Gasteiger charge is -2.14. The van der Waals surface area contributed by atoms with Crippen LogP contribution in [0.1, 0.15) is 12.5 Å². The summed E-state index contributed by atoms with van der Waals surface area (Å²) in [5, 5.41) is 25.2. The number of aryl methyl sites for hydroxylation is 1. The Morgan fingerprint density at radius 2 is 1.90 bits per heavy atom. The van der Waals surface area contributed by atoms with E-state index in [2.05, 4.69) is 20.8 Å². The van der Waals surface area contributed by atoms with Gasteiger partial charge in [-0.1, -0.05) is 17.8 Å². The van der Waals surface area contributed by atoms with E-state index in [1.807, 2.05) is 25.1 Å². The standard InChI is InChI=1S/C19H20N6O5S/c1-11-5-7-17(30-4)15(9-11)24-19(21-22-23-24)31-12(2)18(26)20-14-10-13(25(27)28)6-8-16(14)29-3/h5-10,12H,1-4H3,(H,20,26)/t12-/m0/s1. The molecule has 3 rings (SSSR count). The fraction of sp³-hybridized carbons (Fsp3) is 0.263. The summed E-state index contributed by atoms with van der Waals surface area (Å²) in [6, 6.07) is 9.56. The number of non-ortho nitro benzene ring substituents is 1. The van der Waals surface area contributed by atoms with E-state index in [9.17, 15) is 14.9 Å². The third kappa shape index (κ3) is 4.91. The average Bonchev–Trinajstić information content (AvgIpc) is 3.21. The maximum atomic E-state index is 12.8. The molecule has 11 nitrogen and oxygen atoms in total. The molecule has 3 aromatic rings. The number of tetrazole rings is 1. The summed E-state index contributed by atoms with van der Waals surface area (Å²) >= 11 is 1.13. The number of carbonyl (C=O) groups is 1. The molecular formula is C19H20N6O5S. The zero-order valence-electron chi connectivity index (χ0n) is 17.2. The van der Waals surface area contributed by atoms with Crippen LogP contribution in [0, 0.1) is 17.0 Å². The number of methoxy groups -OCH3 is 2. The number of anilines is 1. The Balaban J connectivity index is 1.81. The largest absolute Gasteiger partial charge is 0.495 e. The number of hydrogen-bond acceptors (Lipinski definition) is 9. The van der Waals surface area contributed by atoms with Crippen LogP contribution in [0.2, 0.25) is 0 Å². The van der Waals surface area contributed by atoms with Crippen LogP contribution in [0.5, 0.6) is 11.5 Å². The molecule has 12 heteroatoms. The molecule has 0 aliphatic carbocycles. The van der Waals surface area contributed by atoms with Gasteiger partial charge < -0.3 is 14.8 Å². The third-order valence-electron chi connectivity index (χ3n) is 4.31. The van der Waals surface area contributed by atoms with Crippen molar-refractivity contribution in [3.63, 3.8) is 0 Å². The van der Waals surface area contributed by atoms with Crippen LogP contribution in [-0.4, -0.2) is 50.5 Å². The van der Waals surface area contributed by atoms with Crippen molar-refractivity contribution in [1.82, 2.24) is 20.2 Å². The van der Waals surface area contributed by atoms with E-state index in [1.165, 1.54) is 30.0 Å². The SMILES string of the molecule is COc1ccc([N+](=O)[O-])cc1NC(=O)[C@H](C)Sc1nnnn1-c1cc(C)ccc1OC. The lowest BCUT2D eigenvalue weighted by molar-refractivity contribution is -0.384. The molecule has 1 aromatic heterocycles. The number of nitro groups is 1. The molecule has 162 valence electrons. The monoisotopic (exact) mass is 444 g/mol. The van der Waals surface area contributed by atoms with Crippen LogP contribution < -0.4 is 14.8 Å². The van der Waals surface area contributed by atoms with Crippen molar-refractivity contribution < 1.29 is 19.2 Å². The Morgan fingerprint density at radius 3 is 2.58 bits per heavy atom. The number of benzene rings is 2. The van der Waals surface area contributed by atoms with Gasteiger partial charge in [0.2, 0.25) is 11.1 Å². The molecule has 0 unspecified atom stereocenters. The predicted molar refractivity (Wildman–Crippen MR) is 114 cm³/mol. The van der Waals surface area contributed by atoms with Crippen molar-refractivity contribution in [3.8, 4) is 17.2 Å². The number of nitrogens with zero attached hydrogens (tertiary/aromatic N) is 5. The number of hydrogen-bond donors (Lipinski definition) is 1. The van der Waals surface area contributed by atoms with Crippen molar-refractivity contribution in [2.45, 2.75) is 24.3 Å². The van der Waals surface area contributed by atoms with E-state index < -0.39 is 16.1 Å². The highest BCUT2D eigenvalue weighted by atomic mass is 32.2. The molecular weight excluding hydrogens is 424 g/mol. The summed E-state index contributed by atoms with van der Waals surface area (Å²) in [6.07, 6.45) is 0. The number of amides is 1. The fourth-order valence-electron chi connectivity index (χ4n) is 2.72. The first-order chi connectivity index (χ1) is 14.8. The third-order valence-corrected chi connectivity index (χ3v) is 5.34. The van der Waals surface area contributed by atoms with Crippen LogP contribution in [0.3, 0.4) is 0 Å². The summed E-state index contributed by atoms with van der Waals surface area (Å²) < 4.78 is 12.1. The molecule has 31 heavy (non-hydrogen) atoms. The minimum absolute atomic E-state index is 0.160. The van der Waals surface area contributed by atoms with Crippen LogP contribution in [0.4, 0.5) is 11.4 Å². The number of nitrogens with one attached hydrogen (secondary N) is 1. The molecule has 1 amide bonds. The Labute approximate surface area is 181 Å². The molecule has 1 atom stereocenters. The fourth-order valence-corrected chi connectivity index (χ4v) is 3.52. The molecule has 0 spiro atoms. The molecule has 0 radical (unpaired) electrons. The Bertz CT molecular complexity index is 1120. The summed E-state index contributed by atoms with van der Waals surface area (Å²) in [6.45, 7) is 3.61. The molecule has 0 saturated heterocycles. The van der Waals surface area contributed by atoms with Crippen molar-refractivity contribution >= 4 is 29.0 Å². The highest BCUT2D eigenvalue weighted by molar-refractivity contribution is 8.00. The first-order valence-corrected chi connectivity index (χ1v) is 9.95. The number of rotatable bonds is 8. The number of ether oxygens (including phenoxy) is 2. The summed E-state index contributed by atoms with van der Waals surface area (Å²) in [5.74, 6) is 0.498. The van der Waals surface area contributed by atoms with Gasteiger partial charge in [0.05, 0.1) is 30.1 Å². The highest BCUT2D eigenvalue weighted by Gasteiger charge is 2.22. The Hall–Kier alpha value is -3.67. The van der Waals surface area contributed by atoms with E-state index in [1.54, 1.807) is 14.0 Å². The van der Waals surface area contributed by atoms with E-state index >= 15 is 0 Å². The van der Waals surface area contributed by atoms with Gasteiger partial charge in [0.25, 0.3) is 5.69 Å². The van der Waals surface area contributed by atoms with Gasteiger partial charge in [-0.2, -0.15) is 4.68 Å². The molecule has 0 aliphatic heterocycles. The molecule has 0 saturated carbocycles. The predicted octanol–water partition coefficient (Wildman–Crippen LogP) is 3.02. The number of thioether (sulfide) groups is 1. The van der Waals surface area contributed by atoms with Crippen molar-refractivity contribution in [3.05, 3.63) is 52.1 Å². The molecule has 2 aromatic carbocycles. The zero-order valence-corrected chi connectivity index (χ0v) is 18.0. The van der Waals surface area contributed by atoms with Gasteiger partial charge in [-0.25, -0.2) is 0 Å². The van der Waals surface area contributed by atoms with Crippen LogP contribution in [0.15, 0.2) is 41.6 Å². The van der Waals surface area contributed by atoms with Crippen molar-refractivity contribution in [2.75, 3.05) is 19.5 Å². The summed E-state index contributed by atoms with van der Waals surface area (Å²) in [5.41, 5.74) is 1.68. The van der Waals surface area contributed by atoms with Gasteiger partial charge >= 0.3 is 0 Å². The second kappa shape index (κ2) is 9.43. The smallest absolute Gasteiger partial charge is 0.271 e. The summed E-state index contributed by atoms with van der Waals surface area (Å²) in [4.78, 5) is 23.3. The maximum absolute atomic E-state index is 12.8. The second-order valence-corrected chi connectivity index (χ2v) is 7.75. The molecule has 0 fully saturated rings. The van der Waals surface area contributed by atoms with E-state index in [0.717, 1.165) is 17.3 Å². The van der Waals surface area contributed by atoms with E-state index in [4.69, 9.17) is 9.47 Å².